The van der Waals surface area contributed by atoms with Crippen molar-refractivity contribution in [3.05, 3.63) is 54.6 Å². The van der Waals surface area contributed by atoms with Gasteiger partial charge in [0.25, 0.3) is 0 Å². The van der Waals surface area contributed by atoms with E-state index in [1.165, 1.54) is 5.56 Å². The molecule has 2 aromatic rings. The normalized spacial score (nSPS) is 9.14. The van der Waals surface area contributed by atoms with Crippen LogP contribution in [-0.4, -0.2) is 0 Å². The van der Waals surface area contributed by atoms with Crippen molar-refractivity contribution >= 4 is 5.69 Å². The van der Waals surface area contributed by atoms with E-state index in [-0.39, 0.29) is 17.0 Å². The number of nitrogens with two attached hydrogens (primary N) is 1. The van der Waals surface area contributed by atoms with Crippen molar-refractivity contribution in [3.63, 3.8) is 0 Å². The Morgan fingerprint density at radius 1 is 0.714 bits per heavy atom. The first-order valence-electron chi connectivity index (χ1n) is 4.28. The lowest BCUT2D eigenvalue weighted by atomic mass is 10.0. The molecule has 0 radical (unpaired) electrons. The van der Waals surface area contributed by atoms with E-state index in [1.807, 2.05) is 42.5 Å². The number of nitrogen functional groups attached to an aromatic ring is 1. The molecule has 14 heavy (non-hydrogen) atoms. The van der Waals surface area contributed by atoms with Crippen LogP contribution in [0.3, 0.4) is 0 Å². The van der Waals surface area contributed by atoms with Crippen LogP contribution in [0.15, 0.2) is 54.6 Å². The van der Waals surface area contributed by atoms with Crippen molar-refractivity contribution in [3.8, 4) is 11.1 Å². The van der Waals surface area contributed by atoms with Crippen molar-refractivity contribution < 1.29 is 17.0 Å². The smallest absolute Gasteiger partial charge is 0.0393 e. The Balaban J connectivity index is 0.000000980. The van der Waals surface area contributed by atoms with Gasteiger partial charge in [0, 0.05) is 11.3 Å². The average molecular weight is 249 g/mol. The summed E-state index contributed by atoms with van der Waals surface area (Å²) in [7, 11) is 0. The highest BCUT2D eigenvalue weighted by Gasteiger charge is 1.98. The molecule has 2 N–H and O–H groups in total. The minimum atomic E-state index is 0. The highest BCUT2D eigenvalue weighted by Crippen LogP contribution is 2.24. The average Bonchev–Trinajstić information content (AvgIpc) is 2.20. The van der Waals surface area contributed by atoms with Gasteiger partial charge in [-0.2, -0.15) is 0 Å². The fourth-order valence-electron chi connectivity index (χ4n) is 1.38. The van der Waals surface area contributed by atoms with Crippen LogP contribution in [0, 0.1) is 0 Å². The maximum Gasteiger partial charge on any atom is 0.0393 e. The van der Waals surface area contributed by atoms with Crippen LogP contribution < -0.4 is 22.7 Å². The minimum absolute atomic E-state index is 0. The fraction of sp³-hybridized carbons (Fsp3) is 0. The van der Waals surface area contributed by atoms with Crippen LogP contribution in [0.5, 0.6) is 0 Å². The van der Waals surface area contributed by atoms with E-state index in [4.69, 9.17) is 5.73 Å². The predicted octanol–water partition coefficient (Wildman–Crippen LogP) is -0.0602. The van der Waals surface area contributed by atoms with E-state index in [0.29, 0.717) is 0 Å². The second-order valence-corrected chi connectivity index (χ2v) is 2.95. The topological polar surface area (TPSA) is 26.0 Å². The number of benzene rings is 2. The molecular weight excluding hydrogens is 238 g/mol. The molecule has 2 heteroatoms. The molecule has 0 aromatic heterocycles. The zero-order valence-corrected chi connectivity index (χ0v) is 9.24. The largest absolute Gasteiger partial charge is 1.00 e. The predicted molar refractivity (Wildman–Crippen MR) is 56.3 cm³/mol. The van der Waals surface area contributed by atoms with Gasteiger partial charge in [-0.1, -0.05) is 48.5 Å². The highest BCUT2D eigenvalue weighted by atomic mass is 79.9. The van der Waals surface area contributed by atoms with E-state index in [0.717, 1.165) is 11.3 Å². The first-order valence-corrected chi connectivity index (χ1v) is 4.28. The van der Waals surface area contributed by atoms with Crippen LogP contribution in [0.2, 0.25) is 0 Å². The molecule has 0 atom stereocenters. The van der Waals surface area contributed by atoms with Gasteiger partial charge in [0.05, 0.1) is 0 Å². The maximum atomic E-state index is 5.85. The Bertz CT molecular complexity index is 398. The maximum absolute atomic E-state index is 5.85. The Labute approximate surface area is 94.3 Å². The van der Waals surface area contributed by atoms with Crippen molar-refractivity contribution in [2.75, 3.05) is 5.73 Å². The van der Waals surface area contributed by atoms with Crippen LogP contribution in [0.1, 0.15) is 0 Å². The Kier molecular flexibility index (Phi) is 3.72. The molecule has 72 valence electrons. The second kappa shape index (κ2) is 4.82. The monoisotopic (exact) mass is 248 g/mol. The van der Waals surface area contributed by atoms with Crippen molar-refractivity contribution in [2.45, 2.75) is 0 Å². The molecule has 0 aliphatic heterocycles. The van der Waals surface area contributed by atoms with Gasteiger partial charge in [-0.15, -0.1) is 0 Å². The first kappa shape index (κ1) is 10.8. The highest BCUT2D eigenvalue weighted by molar-refractivity contribution is 5.75. The summed E-state index contributed by atoms with van der Waals surface area (Å²) in [6.45, 7) is 0. The van der Waals surface area contributed by atoms with Gasteiger partial charge in [0.2, 0.25) is 0 Å². The third-order valence-electron chi connectivity index (χ3n) is 2.05. The molecule has 0 spiro atoms. The van der Waals surface area contributed by atoms with Gasteiger partial charge in [-0.25, -0.2) is 0 Å². The summed E-state index contributed by atoms with van der Waals surface area (Å²) in [5.41, 5.74) is 8.95. The van der Waals surface area contributed by atoms with Gasteiger partial charge in [-0.3, -0.25) is 0 Å². The van der Waals surface area contributed by atoms with E-state index < -0.39 is 0 Å². The number of para-hydroxylation sites is 1. The SMILES string of the molecule is Nc1ccccc1-c1ccccc1.[Br-]. The van der Waals surface area contributed by atoms with E-state index >= 15 is 0 Å². The Morgan fingerprint density at radius 2 is 1.29 bits per heavy atom. The summed E-state index contributed by atoms with van der Waals surface area (Å²) in [6.07, 6.45) is 0. The van der Waals surface area contributed by atoms with Crippen LogP contribution >= 0.6 is 0 Å². The van der Waals surface area contributed by atoms with Gasteiger partial charge in [0.15, 0.2) is 0 Å². The van der Waals surface area contributed by atoms with Gasteiger partial charge in [-0.05, 0) is 11.6 Å². The number of anilines is 1. The lowest BCUT2D eigenvalue weighted by Gasteiger charge is -2.03. The molecule has 2 aromatic carbocycles. The zero-order chi connectivity index (χ0) is 9.10. The minimum Gasteiger partial charge on any atom is -1.00 e. The van der Waals surface area contributed by atoms with Gasteiger partial charge in [0.1, 0.15) is 0 Å². The second-order valence-electron chi connectivity index (χ2n) is 2.95. The van der Waals surface area contributed by atoms with Crippen LogP contribution in [0.4, 0.5) is 5.69 Å². The number of halogens is 1. The van der Waals surface area contributed by atoms with Gasteiger partial charge < -0.3 is 22.7 Å². The summed E-state index contributed by atoms with van der Waals surface area (Å²) in [6, 6.07) is 18.1. The summed E-state index contributed by atoms with van der Waals surface area (Å²) >= 11 is 0. The lowest BCUT2D eigenvalue weighted by molar-refractivity contribution is -0.00000256. The summed E-state index contributed by atoms with van der Waals surface area (Å²) in [5, 5.41) is 0. The zero-order valence-electron chi connectivity index (χ0n) is 7.65. The molecule has 0 aliphatic rings. The Hall–Kier alpha value is -1.28. The van der Waals surface area contributed by atoms with Crippen molar-refractivity contribution in [1.29, 1.82) is 0 Å². The first-order chi connectivity index (χ1) is 6.38. The molecule has 1 nitrogen and oxygen atoms in total. The van der Waals surface area contributed by atoms with Crippen molar-refractivity contribution in [1.82, 2.24) is 0 Å². The summed E-state index contributed by atoms with van der Waals surface area (Å²) in [5.74, 6) is 0. The molecule has 0 fully saturated rings. The van der Waals surface area contributed by atoms with E-state index in [2.05, 4.69) is 12.1 Å². The van der Waals surface area contributed by atoms with Crippen LogP contribution in [0.25, 0.3) is 11.1 Å². The molecule has 0 saturated carbocycles. The van der Waals surface area contributed by atoms with E-state index in [1.54, 1.807) is 0 Å². The standard InChI is InChI=1S/C12H11N.BrH/c13-12-9-5-4-8-11(12)10-6-2-1-3-7-10;/h1-9H,13H2;1H/p-1. The lowest BCUT2D eigenvalue weighted by Crippen LogP contribution is -3.00. The summed E-state index contributed by atoms with van der Waals surface area (Å²) in [4.78, 5) is 0. The van der Waals surface area contributed by atoms with Crippen LogP contribution in [-0.2, 0) is 0 Å². The van der Waals surface area contributed by atoms with E-state index in [9.17, 15) is 0 Å². The molecule has 0 heterocycles. The molecule has 0 unspecified atom stereocenters. The molecule has 2 rings (SSSR count). The van der Waals surface area contributed by atoms with Gasteiger partial charge >= 0.3 is 0 Å². The third kappa shape index (κ3) is 2.15. The fourth-order valence-corrected chi connectivity index (χ4v) is 1.38. The quantitative estimate of drug-likeness (QED) is 0.704. The molecule has 0 saturated heterocycles. The molecule has 0 amide bonds. The number of rotatable bonds is 1. The molecular formula is C12H11BrN-. The molecule has 0 bridgehead atoms. The van der Waals surface area contributed by atoms with Crippen molar-refractivity contribution in [2.24, 2.45) is 0 Å². The molecule has 0 aliphatic carbocycles. The Morgan fingerprint density at radius 3 is 1.93 bits per heavy atom. The number of hydrogen-bond acceptors (Lipinski definition) is 1. The number of hydrogen-bond donors (Lipinski definition) is 1. The summed E-state index contributed by atoms with van der Waals surface area (Å²) < 4.78 is 0. The third-order valence-corrected chi connectivity index (χ3v) is 2.05.